The van der Waals surface area contributed by atoms with Crippen LogP contribution in [-0.4, -0.2) is 12.7 Å². The number of rotatable bonds is 11. The fourth-order valence-electron chi connectivity index (χ4n) is 3.02. The average molecular weight is 300 g/mol. The molecule has 0 aliphatic heterocycles. The lowest BCUT2D eigenvalue weighted by Gasteiger charge is -2.45. The highest BCUT2D eigenvalue weighted by Crippen LogP contribution is 2.52. The van der Waals surface area contributed by atoms with Crippen molar-refractivity contribution < 1.29 is 0 Å². The Bertz CT molecular complexity index is 250. The van der Waals surface area contributed by atoms with Gasteiger partial charge in [0.15, 0.2) is 0 Å². The van der Waals surface area contributed by atoms with E-state index < -0.39 is 0 Å². The predicted octanol–water partition coefficient (Wildman–Crippen LogP) is 6.96. The Hall–Kier alpha value is 0.355. The molecule has 0 aliphatic rings. The molecule has 20 heavy (non-hydrogen) atoms. The quantitative estimate of drug-likeness (QED) is 0.286. The highest BCUT2D eigenvalue weighted by molar-refractivity contribution is 6.40. The monoisotopic (exact) mass is 299 g/mol. The summed E-state index contributed by atoms with van der Waals surface area (Å²) < 4.78 is 0. The predicted molar refractivity (Wildman–Crippen MR) is 96.2 cm³/mol. The van der Waals surface area contributed by atoms with Crippen LogP contribution in [0, 0.1) is 11.3 Å². The van der Waals surface area contributed by atoms with Gasteiger partial charge in [0, 0.05) is 5.38 Å². The molecule has 0 heterocycles. The maximum absolute atomic E-state index is 6.28. The van der Waals surface area contributed by atoms with Crippen molar-refractivity contribution in [1.29, 1.82) is 0 Å². The molecule has 0 N–H and O–H groups in total. The lowest BCUT2D eigenvalue weighted by atomic mass is 9.40. The summed E-state index contributed by atoms with van der Waals surface area (Å²) in [5.74, 6) is 0.757. The first-order valence-electron chi connectivity index (χ1n) is 8.67. The normalized spacial score (nSPS) is 17.1. The second-order valence-corrected chi connectivity index (χ2v) is 8.38. The molecular weight excluding hydrogens is 262 g/mol. The molecule has 0 saturated heterocycles. The molecule has 119 valence electrons. The minimum atomic E-state index is 0.307. The Morgan fingerprint density at radius 1 is 1.05 bits per heavy atom. The number of hydrogen-bond donors (Lipinski definition) is 0. The maximum atomic E-state index is 6.28. The first-order chi connectivity index (χ1) is 9.18. The minimum Gasteiger partial charge on any atom is -0.123 e. The summed E-state index contributed by atoms with van der Waals surface area (Å²) in [6.45, 7) is 16.5. The molecule has 0 saturated carbocycles. The van der Waals surface area contributed by atoms with Gasteiger partial charge in [-0.2, -0.15) is 0 Å². The van der Waals surface area contributed by atoms with Gasteiger partial charge in [0.25, 0.3) is 0 Å². The van der Waals surface area contributed by atoms with Crippen molar-refractivity contribution in [3.05, 3.63) is 0 Å². The summed E-state index contributed by atoms with van der Waals surface area (Å²) in [7, 11) is 2.57. The van der Waals surface area contributed by atoms with E-state index >= 15 is 0 Å². The minimum absolute atomic E-state index is 0.307. The molecule has 0 spiro atoms. The van der Waals surface area contributed by atoms with Crippen LogP contribution >= 0.6 is 11.6 Å². The fourth-order valence-corrected chi connectivity index (χ4v) is 3.17. The molecular formula is C18H37BCl. The molecule has 0 aromatic heterocycles. The van der Waals surface area contributed by atoms with E-state index in [4.69, 9.17) is 11.6 Å². The molecule has 0 aromatic carbocycles. The molecule has 0 nitrogen and oxygen atoms in total. The van der Waals surface area contributed by atoms with Crippen LogP contribution < -0.4 is 0 Å². The van der Waals surface area contributed by atoms with Gasteiger partial charge in [0.1, 0.15) is 7.28 Å². The molecule has 1 radical (unpaired) electrons. The number of hydrogen-bond acceptors (Lipinski definition) is 0. The van der Waals surface area contributed by atoms with Crippen molar-refractivity contribution in [3.8, 4) is 0 Å². The van der Waals surface area contributed by atoms with Gasteiger partial charge in [-0.3, -0.25) is 0 Å². The summed E-state index contributed by atoms with van der Waals surface area (Å²) in [6.07, 6.45) is 8.62. The van der Waals surface area contributed by atoms with Crippen molar-refractivity contribution in [2.75, 3.05) is 0 Å². The van der Waals surface area contributed by atoms with E-state index in [2.05, 4.69) is 55.7 Å². The van der Waals surface area contributed by atoms with Crippen LogP contribution in [0.4, 0.5) is 0 Å². The van der Waals surface area contributed by atoms with Crippen LogP contribution in [0.15, 0.2) is 0 Å². The Morgan fingerprint density at radius 2 is 1.65 bits per heavy atom. The number of halogens is 1. The molecule has 0 aromatic rings. The van der Waals surface area contributed by atoms with E-state index in [0.29, 0.717) is 16.1 Å². The standard InChI is InChI=1S/C18H37BCl/c1-8-12-18(7,13-10-11-16(20)9-2)17(5,6)19-14-15(3)4/h15-16H,8-14H2,1-7H3. The van der Waals surface area contributed by atoms with Gasteiger partial charge in [0.2, 0.25) is 0 Å². The van der Waals surface area contributed by atoms with Gasteiger partial charge in [-0.05, 0) is 31.1 Å². The molecule has 0 aliphatic carbocycles. The molecule has 0 amide bonds. The molecule has 2 atom stereocenters. The Morgan fingerprint density at radius 3 is 2.10 bits per heavy atom. The summed E-state index contributed by atoms with van der Waals surface area (Å²) in [5, 5.41) is 0.671. The highest BCUT2D eigenvalue weighted by atomic mass is 35.5. The SMILES string of the molecule is CCCC(C)(CCCC(Cl)CC)C(C)(C)[B]CC(C)C. The maximum Gasteiger partial charge on any atom is 0.118 e. The molecule has 0 fully saturated rings. The van der Waals surface area contributed by atoms with Crippen molar-refractivity contribution in [3.63, 3.8) is 0 Å². The largest absolute Gasteiger partial charge is 0.123 e. The second-order valence-electron chi connectivity index (χ2n) is 7.76. The van der Waals surface area contributed by atoms with Crippen LogP contribution in [0.5, 0.6) is 0 Å². The van der Waals surface area contributed by atoms with Gasteiger partial charge >= 0.3 is 0 Å². The van der Waals surface area contributed by atoms with Crippen molar-refractivity contribution >= 4 is 18.9 Å². The lowest BCUT2D eigenvalue weighted by molar-refractivity contribution is 0.184. The van der Waals surface area contributed by atoms with Crippen LogP contribution in [0.2, 0.25) is 11.6 Å². The summed E-state index contributed by atoms with van der Waals surface area (Å²) >= 11 is 6.28. The zero-order chi connectivity index (χ0) is 15.8. The van der Waals surface area contributed by atoms with Crippen LogP contribution in [0.1, 0.15) is 87.0 Å². The Kier molecular flexibility index (Phi) is 9.55. The van der Waals surface area contributed by atoms with Crippen molar-refractivity contribution in [2.24, 2.45) is 11.3 Å². The third-order valence-electron chi connectivity index (χ3n) is 5.15. The van der Waals surface area contributed by atoms with Crippen molar-refractivity contribution in [1.82, 2.24) is 0 Å². The summed E-state index contributed by atoms with van der Waals surface area (Å²) in [5.41, 5.74) is 0.404. The van der Waals surface area contributed by atoms with Crippen molar-refractivity contribution in [2.45, 2.75) is 104 Å². The lowest BCUT2D eigenvalue weighted by Crippen LogP contribution is -2.34. The molecule has 2 unspecified atom stereocenters. The van der Waals surface area contributed by atoms with Crippen LogP contribution in [0.3, 0.4) is 0 Å². The second kappa shape index (κ2) is 9.39. The first kappa shape index (κ1) is 20.4. The zero-order valence-corrected chi connectivity index (χ0v) is 15.8. The van der Waals surface area contributed by atoms with Gasteiger partial charge < -0.3 is 0 Å². The topological polar surface area (TPSA) is 0 Å². The van der Waals surface area contributed by atoms with E-state index in [9.17, 15) is 0 Å². The molecule has 0 rings (SSSR count). The Labute approximate surface area is 134 Å². The van der Waals surface area contributed by atoms with E-state index in [1.54, 1.807) is 0 Å². The van der Waals surface area contributed by atoms with Gasteiger partial charge in [-0.1, -0.05) is 78.9 Å². The van der Waals surface area contributed by atoms with Gasteiger partial charge in [0.05, 0.1) is 0 Å². The smallest absolute Gasteiger partial charge is 0.118 e. The molecule has 2 heteroatoms. The zero-order valence-electron chi connectivity index (χ0n) is 15.1. The van der Waals surface area contributed by atoms with Crippen LogP contribution in [0.25, 0.3) is 0 Å². The summed E-state index contributed by atoms with van der Waals surface area (Å²) in [6, 6.07) is 0. The molecule has 0 bridgehead atoms. The van der Waals surface area contributed by atoms with Gasteiger partial charge in [-0.25, -0.2) is 0 Å². The first-order valence-corrected chi connectivity index (χ1v) is 9.10. The third-order valence-corrected chi connectivity index (χ3v) is 5.67. The van der Waals surface area contributed by atoms with Crippen LogP contribution in [-0.2, 0) is 0 Å². The Balaban J connectivity index is 4.61. The average Bonchev–Trinajstić information content (AvgIpc) is 2.36. The summed E-state index contributed by atoms with van der Waals surface area (Å²) in [4.78, 5) is 0. The van der Waals surface area contributed by atoms with E-state index in [1.165, 1.54) is 32.0 Å². The highest BCUT2D eigenvalue weighted by Gasteiger charge is 2.39. The van der Waals surface area contributed by atoms with E-state index in [1.807, 2.05) is 0 Å². The van der Waals surface area contributed by atoms with E-state index in [-0.39, 0.29) is 0 Å². The number of alkyl halides is 1. The fraction of sp³-hybridized carbons (Fsp3) is 1.00. The van der Waals surface area contributed by atoms with E-state index in [0.717, 1.165) is 18.8 Å². The third kappa shape index (κ3) is 6.88. The van der Waals surface area contributed by atoms with Gasteiger partial charge in [-0.15, -0.1) is 11.6 Å².